The Morgan fingerprint density at radius 3 is 2.07 bits per heavy atom. The minimum absolute atomic E-state index is 0.0583. The highest BCUT2D eigenvalue weighted by molar-refractivity contribution is 6.05. The molecule has 0 saturated carbocycles. The van der Waals surface area contributed by atoms with Gasteiger partial charge in [0.25, 0.3) is 5.91 Å². The molecule has 2 rings (SSSR count). The summed E-state index contributed by atoms with van der Waals surface area (Å²) in [5, 5.41) is 5.79. The van der Waals surface area contributed by atoms with E-state index in [2.05, 4.69) is 10.6 Å². The molecule has 0 bridgehead atoms. The number of hydrogen-bond acceptors (Lipinski definition) is 5. The first-order chi connectivity index (χ1) is 13.9. The molecule has 0 unspecified atom stereocenters. The van der Waals surface area contributed by atoms with Gasteiger partial charge in [-0.25, -0.2) is 0 Å². The lowest BCUT2D eigenvalue weighted by Gasteiger charge is -2.18. The van der Waals surface area contributed by atoms with Crippen LogP contribution < -0.4 is 20.1 Å². The Hall–Kier alpha value is -3.06. The number of likely N-dealkylation sites (N-methyl/N-ethyl adjacent to an activating group) is 1. The molecule has 2 aromatic carbocycles. The second-order valence-electron chi connectivity index (χ2n) is 6.59. The van der Waals surface area contributed by atoms with E-state index in [0.717, 1.165) is 24.3 Å². The van der Waals surface area contributed by atoms with E-state index in [0.29, 0.717) is 29.3 Å². The molecule has 0 aliphatic heterocycles. The lowest BCUT2D eigenvalue weighted by Crippen LogP contribution is -2.33. The summed E-state index contributed by atoms with van der Waals surface area (Å²) in [6.45, 7) is 7.93. The molecule has 0 radical (unpaired) electrons. The van der Waals surface area contributed by atoms with E-state index in [4.69, 9.17) is 9.47 Å². The van der Waals surface area contributed by atoms with Gasteiger partial charge in [-0.15, -0.1) is 0 Å². The Morgan fingerprint density at radius 1 is 0.931 bits per heavy atom. The zero-order valence-electron chi connectivity index (χ0n) is 17.7. The molecule has 0 atom stereocenters. The van der Waals surface area contributed by atoms with Crippen LogP contribution in [0.1, 0.15) is 29.8 Å². The minimum Gasteiger partial charge on any atom is -0.497 e. The van der Waals surface area contributed by atoms with Crippen molar-refractivity contribution >= 4 is 23.2 Å². The van der Waals surface area contributed by atoms with Gasteiger partial charge in [-0.05, 0) is 55.9 Å². The molecule has 7 nitrogen and oxygen atoms in total. The molecule has 2 amide bonds. The van der Waals surface area contributed by atoms with Crippen LogP contribution in [-0.4, -0.2) is 50.6 Å². The molecular weight excluding hydrogens is 370 g/mol. The first-order valence-corrected chi connectivity index (χ1v) is 9.57. The Labute approximate surface area is 172 Å². The van der Waals surface area contributed by atoms with Gasteiger partial charge in [0.05, 0.1) is 20.8 Å². The highest BCUT2D eigenvalue weighted by atomic mass is 16.5. The third-order valence-electron chi connectivity index (χ3n) is 4.63. The van der Waals surface area contributed by atoms with Crippen LogP contribution in [0.5, 0.6) is 11.5 Å². The van der Waals surface area contributed by atoms with Crippen LogP contribution in [0.4, 0.5) is 11.4 Å². The van der Waals surface area contributed by atoms with E-state index in [-0.39, 0.29) is 11.8 Å². The fourth-order valence-corrected chi connectivity index (χ4v) is 2.86. The highest BCUT2D eigenvalue weighted by Crippen LogP contribution is 2.24. The van der Waals surface area contributed by atoms with Gasteiger partial charge in [0.1, 0.15) is 11.5 Å². The number of aryl methyl sites for hydroxylation is 1. The highest BCUT2D eigenvalue weighted by Gasteiger charge is 2.12. The third-order valence-corrected chi connectivity index (χ3v) is 4.63. The number of carbonyl (C=O) groups is 2. The number of anilines is 2. The summed E-state index contributed by atoms with van der Waals surface area (Å²) >= 11 is 0. The van der Waals surface area contributed by atoms with E-state index in [1.807, 2.05) is 31.7 Å². The minimum atomic E-state index is -0.278. The summed E-state index contributed by atoms with van der Waals surface area (Å²) in [4.78, 5) is 26.9. The number of hydrogen-bond donors (Lipinski definition) is 2. The number of carbonyl (C=O) groups excluding carboxylic acids is 2. The molecule has 0 heterocycles. The molecule has 156 valence electrons. The maximum absolute atomic E-state index is 12.6. The van der Waals surface area contributed by atoms with Crippen LogP contribution in [-0.2, 0) is 4.79 Å². The van der Waals surface area contributed by atoms with Gasteiger partial charge in [0.2, 0.25) is 5.91 Å². The molecule has 0 saturated heterocycles. The zero-order chi connectivity index (χ0) is 21.4. The number of ether oxygens (including phenoxy) is 2. The normalized spacial score (nSPS) is 10.6. The maximum Gasteiger partial charge on any atom is 0.255 e. The quantitative estimate of drug-likeness (QED) is 0.674. The summed E-state index contributed by atoms with van der Waals surface area (Å²) in [5.74, 6) is 0.742. The second-order valence-corrected chi connectivity index (χ2v) is 6.59. The molecule has 2 aromatic rings. The van der Waals surface area contributed by atoms with Crippen LogP contribution in [0.2, 0.25) is 0 Å². The standard InChI is InChI=1S/C22H29N3O4/c1-6-25(7-2)14-21(26)24-20-9-8-17(10-15(20)3)23-22(27)16-11-18(28-4)13-19(12-16)29-5/h8-13H,6-7,14H2,1-5H3,(H,23,27)(H,24,26). The average Bonchev–Trinajstić information content (AvgIpc) is 2.73. The zero-order valence-corrected chi connectivity index (χ0v) is 17.7. The summed E-state index contributed by atoms with van der Waals surface area (Å²) in [6, 6.07) is 10.4. The molecule has 0 aliphatic carbocycles. The van der Waals surface area contributed by atoms with Crippen molar-refractivity contribution in [2.45, 2.75) is 20.8 Å². The van der Waals surface area contributed by atoms with E-state index < -0.39 is 0 Å². The lowest BCUT2D eigenvalue weighted by molar-refractivity contribution is -0.117. The molecular formula is C22H29N3O4. The smallest absolute Gasteiger partial charge is 0.255 e. The van der Waals surface area contributed by atoms with Crippen molar-refractivity contribution < 1.29 is 19.1 Å². The Bertz CT molecular complexity index is 841. The number of amides is 2. The van der Waals surface area contributed by atoms with E-state index in [1.165, 1.54) is 14.2 Å². The van der Waals surface area contributed by atoms with Crippen LogP contribution >= 0.6 is 0 Å². The lowest BCUT2D eigenvalue weighted by atomic mass is 10.1. The topological polar surface area (TPSA) is 79.9 Å². The number of nitrogens with zero attached hydrogens (tertiary/aromatic N) is 1. The van der Waals surface area contributed by atoms with Crippen LogP contribution in [0.3, 0.4) is 0 Å². The fourth-order valence-electron chi connectivity index (χ4n) is 2.86. The van der Waals surface area contributed by atoms with Crippen molar-refractivity contribution in [2.75, 3.05) is 44.5 Å². The fraction of sp³-hybridized carbons (Fsp3) is 0.364. The van der Waals surface area contributed by atoms with Crippen molar-refractivity contribution in [1.29, 1.82) is 0 Å². The average molecular weight is 399 g/mol. The van der Waals surface area contributed by atoms with Crippen molar-refractivity contribution in [1.82, 2.24) is 4.90 Å². The van der Waals surface area contributed by atoms with Crippen LogP contribution in [0.25, 0.3) is 0 Å². The van der Waals surface area contributed by atoms with Gasteiger partial charge < -0.3 is 20.1 Å². The summed E-state index contributed by atoms with van der Waals surface area (Å²) in [7, 11) is 3.07. The van der Waals surface area contributed by atoms with Crippen molar-refractivity contribution in [3.8, 4) is 11.5 Å². The predicted octanol–water partition coefficient (Wildman–Crippen LogP) is 3.54. The number of benzene rings is 2. The summed E-state index contributed by atoms with van der Waals surface area (Å²) in [5.41, 5.74) is 2.65. The van der Waals surface area contributed by atoms with E-state index >= 15 is 0 Å². The first-order valence-electron chi connectivity index (χ1n) is 9.57. The second kappa shape index (κ2) is 10.5. The summed E-state index contributed by atoms with van der Waals surface area (Å²) in [6.07, 6.45) is 0. The molecule has 2 N–H and O–H groups in total. The van der Waals surface area contributed by atoms with Gasteiger partial charge in [-0.3, -0.25) is 14.5 Å². The van der Waals surface area contributed by atoms with Crippen molar-refractivity contribution in [3.63, 3.8) is 0 Å². The first kappa shape index (κ1) is 22.2. The van der Waals surface area contributed by atoms with Crippen LogP contribution in [0.15, 0.2) is 36.4 Å². The predicted molar refractivity (Wildman–Crippen MR) is 115 cm³/mol. The monoisotopic (exact) mass is 399 g/mol. The van der Waals surface area contributed by atoms with Crippen molar-refractivity contribution in [2.24, 2.45) is 0 Å². The molecule has 0 spiro atoms. The van der Waals surface area contributed by atoms with E-state index in [9.17, 15) is 9.59 Å². The van der Waals surface area contributed by atoms with Gasteiger partial charge in [-0.2, -0.15) is 0 Å². The Balaban J connectivity index is 2.08. The Morgan fingerprint density at radius 2 is 1.55 bits per heavy atom. The summed E-state index contributed by atoms with van der Waals surface area (Å²) < 4.78 is 10.4. The van der Waals surface area contributed by atoms with Gasteiger partial charge >= 0.3 is 0 Å². The largest absolute Gasteiger partial charge is 0.497 e. The number of methoxy groups -OCH3 is 2. The van der Waals surface area contributed by atoms with Gasteiger partial charge in [0, 0.05) is 23.0 Å². The SMILES string of the molecule is CCN(CC)CC(=O)Nc1ccc(NC(=O)c2cc(OC)cc(OC)c2)cc1C. The number of nitrogens with one attached hydrogen (secondary N) is 2. The molecule has 0 fully saturated rings. The van der Waals surface area contributed by atoms with Crippen molar-refractivity contribution in [3.05, 3.63) is 47.5 Å². The molecule has 7 heteroatoms. The Kier molecular flexibility index (Phi) is 8.03. The molecule has 0 aliphatic rings. The van der Waals surface area contributed by atoms with Crippen LogP contribution in [0, 0.1) is 6.92 Å². The maximum atomic E-state index is 12.6. The van der Waals surface area contributed by atoms with Gasteiger partial charge in [0.15, 0.2) is 0 Å². The third kappa shape index (κ3) is 6.22. The van der Waals surface area contributed by atoms with E-state index in [1.54, 1.807) is 30.3 Å². The molecule has 29 heavy (non-hydrogen) atoms. The number of rotatable bonds is 9. The van der Waals surface area contributed by atoms with Gasteiger partial charge in [-0.1, -0.05) is 13.8 Å². The molecule has 0 aromatic heterocycles.